The highest BCUT2D eigenvalue weighted by Gasteiger charge is 2.65. The number of carbonyl (C=O) groups excluding carboxylic acids is 6. The van der Waals surface area contributed by atoms with Crippen molar-refractivity contribution in [2.24, 2.45) is 5.90 Å². The number of nitrogens with one attached hydrogen (secondary N) is 8. The Hall–Kier alpha value is -4.77. The van der Waals surface area contributed by atoms with Crippen LogP contribution in [0.4, 0.5) is 18.0 Å². The molecule has 3 aliphatic rings. The van der Waals surface area contributed by atoms with Gasteiger partial charge in [-0.15, -0.1) is 9.32 Å². The number of thioether (sulfide) groups is 1. The molecule has 6 amide bonds. The number of hydrogen-bond donors (Lipinski definition) is 9. The van der Waals surface area contributed by atoms with Crippen LogP contribution in [0.5, 0.6) is 0 Å². The number of amides is 6. The number of esters is 1. The number of urea groups is 1. The van der Waals surface area contributed by atoms with Gasteiger partial charge >= 0.3 is 18.2 Å². The number of fused-ring (bicyclic) bond motifs is 1. The molecule has 5 rings (SSSR count). The molecule has 4 atom stereocenters. The van der Waals surface area contributed by atoms with Gasteiger partial charge in [0.2, 0.25) is 17.5 Å². The number of carbonyl (C=O) groups is 6. The Bertz CT molecular complexity index is 1960. The molecule has 10 N–H and O–H groups in total. The topological polar surface area (TPSA) is 300 Å². The Labute approximate surface area is 399 Å². The van der Waals surface area contributed by atoms with Crippen LogP contribution in [0, 0.1) is 0 Å². The molecule has 26 heteroatoms. The van der Waals surface area contributed by atoms with Crippen molar-refractivity contribution in [3.8, 4) is 0 Å². The van der Waals surface area contributed by atoms with Gasteiger partial charge in [0.1, 0.15) is 12.6 Å². The van der Waals surface area contributed by atoms with Crippen molar-refractivity contribution in [1.82, 2.24) is 42.8 Å². The van der Waals surface area contributed by atoms with Crippen LogP contribution in [0.15, 0.2) is 53.4 Å². The monoisotopic (exact) mass is 1000 g/mol. The Balaban J connectivity index is 0.914. The highest BCUT2D eigenvalue weighted by molar-refractivity contribution is 8.00. The van der Waals surface area contributed by atoms with Gasteiger partial charge in [-0.05, 0) is 67.6 Å². The lowest BCUT2D eigenvalue weighted by atomic mass is 10.0. The van der Waals surface area contributed by atoms with Crippen LogP contribution < -0.4 is 48.6 Å². The molecule has 3 saturated heterocycles. The summed E-state index contributed by atoms with van der Waals surface area (Å²) in [5, 5.41) is 16.9. The number of unbranched alkanes of at least 4 members (excludes halogenated alkanes) is 1. The average molecular weight is 1000 g/mol. The van der Waals surface area contributed by atoms with Crippen LogP contribution in [0.1, 0.15) is 71.2 Å². The summed E-state index contributed by atoms with van der Waals surface area (Å²) in [5.74, 6) is 2.87. The molecule has 3 fully saturated rings. The zero-order chi connectivity index (χ0) is 48.8. The Morgan fingerprint density at radius 1 is 0.779 bits per heavy atom. The van der Waals surface area contributed by atoms with E-state index in [2.05, 4.69) is 52.1 Å². The molecule has 2 aromatic rings. The van der Waals surface area contributed by atoms with Crippen LogP contribution in [0.2, 0.25) is 0 Å². The number of hydrogen-bond acceptors (Lipinski definition) is 17. The maximum absolute atomic E-state index is 13.5. The zero-order valence-electron chi connectivity index (χ0n) is 37.1. The van der Waals surface area contributed by atoms with Crippen molar-refractivity contribution >= 4 is 59.4 Å². The molecule has 376 valence electrons. The number of hydrazine groups is 1. The zero-order valence-corrected chi connectivity index (χ0v) is 38.7. The number of rotatable bonds is 32. The molecule has 0 aromatic heterocycles. The van der Waals surface area contributed by atoms with E-state index in [0.717, 1.165) is 61.3 Å². The maximum atomic E-state index is 13.5. The van der Waals surface area contributed by atoms with Crippen LogP contribution in [-0.2, 0) is 48.3 Å². The van der Waals surface area contributed by atoms with E-state index >= 15 is 0 Å². The first-order valence-electron chi connectivity index (χ1n) is 22.0. The normalized spacial score (nSPS) is 18.4. The third kappa shape index (κ3) is 17.6. The smallest absolute Gasteiger partial charge is 0.426 e. The van der Waals surface area contributed by atoms with Crippen LogP contribution in [0.25, 0.3) is 0 Å². The molecule has 3 aliphatic heterocycles. The summed E-state index contributed by atoms with van der Waals surface area (Å²) in [6.45, 7) is 2.32. The van der Waals surface area contributed by atoms with Gasteiger partial charge < -0.3 is 50.8 Å². The van der Waals surface area contributed by atoms with Gasteiger partial charge in [0.15, 0.2) is 0 Å². The van der Waals surface area contributed by atoms with Gasteiger partial charge in [-0.25, -0.2) is 15.6 Å². The fourth-order valence-corrected chi connectivity index (χ4v) is 8.94. The van der Waals surface area contributed by atoms with E-state index in [9.17, 15) is 41.9 Å². The molecule has 21 nitrogen and oxygen atoms in total. The predicted octanol–water partition coefficient (Wildman–Crippen LogP) is 1.59. The molecule has 0 unspecified atom stereocenters. The molecule has 0 spiro atoms. The summed E-state index contributed by atoms with van der Waals surface area (Å²) in [4.78, 5) is 80.0. The van der Waals surface area contributed by atoms with Gasteiger partial charge in [-0.1, -0.05) is 18.6 Å². The van der Waals surface area contributed by atoms with E-state index in [4.69, 9.17) is 24.8 Å². The van der Waals surface area contributed by atoms with E-state index in [1.165, 1.54) is 12.1 Å². The Kier molecular flexibility index (Phi) is 22.3. The first-order valence-corrected chi connectivity index (χ1v) is 23.8. The second-order valence-corrected chi connectivity index (χ2v) is 17.7. The van der Waals surface area contributed by atoms with Crippen molar-refractivity contribution in [3.05, 3.63) is 65.2 Å². The first kappa shape index (κ1) is 54.2. The molecule has 3 heterocycles. The van der Waals surface area contributed by atoms with E-state index in [1.54, 1.807) is 12.1 Å². The quantitative estimate of drug-likeness (QED) is 0.00956. The largest absolute Gasteiger partial charge is 0.464 e. The lowest BCUT2D eigenvalue weighted by Gasteiger charge is -2.19. The third-order valence-corrected chi connectivity index (χ3v) is 12.8. The fraction of sp³-hybridized carbons (Fsp3) is 0.571. The summed E-state index contributed by atoms with van der Waals surface area (Å²) in [7, 11) is 0. The van der Waals surface area contributed by atoms with Crippen molar-refractivity contribution in [2.45, 2.75) is 85.1 Å². The molecule has 0 aliphatic carbocycles. The van der Waals surface area contributed by atoms with Crippen LogP contribution >= 0.6 is 23.8 Å². The van der Waals surface area contributed by atoms with Crippen molar-refractivity contribution in [3.63, 3.8) is 0 Å². The minimum Gasteiger partial charge on any atom is -0.464 e. The van der Waals surface area contributed by atoms with Crippen molar-refractivity contribution in [1.29, 1.82) is 0 Å². The average Bonchev–Trinajstić information content (AvgIpc) is 3.97. The standard InChI is InChI=1S/C42H58F3N9O12S2/c43-42(44,45)41(53-54-41)29-11-7-28(8-12-29)38(58)50-31(25-35(56)64-20-17-49-37(57)27-9-13-30(14-10-27)68-66-65-46)39(59)48-16-4-19-62-22-24-63-23-21-61-18-3-15-47-34(55)6-2-1-5-33-36-32(26-67-33)51-40(60)52-36/h7-14,31-33,36,53-54H,1-6,15-26,46H2,(H,47,55)(H,48,59)(H,49,57)(H,50,58)(H2,51,52,60)/t31-,32+,33+,36+/m1/s1. The minimum atomic E-state index is -4.65. The summed E-state index contributed by atoms with van der Waals surface area (Å²) in [6, 6.07) is 9.66. The summed E-state index contributed by atoms with van der Waals surface area (Å²) < 4.78 is 67.0. The van der Waals surface area contributed by atoms with Gasteiger partial charge in [-0.2, -0.15) is 30.8 Å². The van der Waals surface area contributed by atoms with Gasteiger partial charge in [0, 0.05) is 59.7 Å². The van der Waals surface area contributed by atoms with E-state index < -0.39 is 48.0 Å². The second-order valence-electron chi connectivity index (χ2n) is 15.6. The molecule has 0 bridgehead atoms. The molecular formula is C42H58F3N9O12S2. The lowest BCUT2D eigenvalue weighted by molar-refractivity contribution is -0.195. The molecule has 0 saturated carbocycles. The second kappa shape index (κ2) is 28.0. The molecule has 2 aromatic carbocycles. The predicted molar refractivity (Wildman–Crippen MR) is 240 cm³/mol. The molecule has 0 radical (unpaired) electrons. The number of ether oxygens (including phenoxy) is 4. The highest BCUT2D eigenvalue weighted by Crippen LogP contribution is 2.42. The van der Waals surface area contributed by atoms with E-state index in [0.29, 0.717) is 67.9 Å². The van der Waals surface area contributed by atoms with Crippen molar-refractivity contribution < 1.29 is 70.2 Å². The number of halogens is 3. The number of benzene rings is 2. The minimum absolute atomic E-state index is 0.0118. The summed E-state index contributed by atoms with van der Waals surface area (Å²) in [6.07, 6.45) is -1.05. The maximum Gasteiger partial charge on any atom is 0.426 e. The fourth-order valence-electron chi connectivity index (χ4n) is 7.03. The highest BCUT2D eigenvalue weighted by atomic mass is 32.2. The van der Waals surface area contributed by atoms with E-state index in [-0.39, 0.29) is 68.1 Å². The summed E-state index contributed by atoms with van der Waals surface area (Å²) >= 11 is 2.71. The van der Waals surface area contributed by atoms with Crippen molar-refractivity contribution in [2.75, 3.05) is 71.6 Å². The number of nitrogens with two attached hydrogens (primary N) is 1. The van der Waals surface area contributed by atoms with Gasteiger partial charge in [-0.3, -0.25) is 24.0 Å². The lowest BCUT2D eigenvalue weighted by Crippen LogP contribution is -2.48. The Morgan fingerprint density at radius 2 is 1.41 bits per heavy atom. The van der Waals surface area contributed by atoms with Gasteiger partial charge in [0.25, 0.3) is 11.8 Å². The SMILES string of the molecule is NOOSc1ccc(C(=O)NCCOC(=O)C[C@@H](NC(=O)c2ccc(C3(C(F)(F)F)NN3)cc2)C(=O)NCCCOCCOCCOCCCNC(=O)CCCC[C@@H]2SC[C@@H]3NC(=O)N[C@@H]32)cc1. The third-order valence-electron chi connectivity index (χ3n) is 10.7. The van der Waals surface area contributed by atoms with E-state index in [1.807, 2.05) is 11.8 Å². The van der Waals surface area contributed by atoms with Gasteiger partial charge in [0.05, 0.1) is 63.5 Å². The first-order chi connectivity index (χ1) is 32.8. The van der Waals surface area contributed by atoms with Crippen LogP contribution in [-0.4, -0.2) is 137 Å². The number of alkyl halides is 3. The molecular weight excluding hydrogens is 944 g/mol. The van der Waals surface area contributed by atoms with Crippen LogP contribution in [0.3, 0.4) is 0 Å². The summed E-state index contributed by atoms with van der Waals surface area (Å²) in [5.41, 5.74) is 1.80. The Morgan fingerprint density at radius 3 is 2.06 bits per heavy atom. The molecule has 68 heavy (non-hydrogen) atoms.